The molecule has 0 aromatic heterocycles. The van der Waals surface area contributed by atoms with Crippen LogP contribution in [0.5, 0.6) is 11.5 Å². The van der Waals surface area contributed by atoms with Gasteiger partial charge in [-0.2, -0.15) is 0 Å². The normalized spacial score (nSPS) is 13.2. The molecule has 0 atom stereocenters. The molecule has 2 aromatic carbocycles. The van der Waals surface area contributed by atoms with Crippen LogP contribution in [-0.4, -0.2) is 26.5 Å². The molecule has 1 aliphatic heterocycles. The molecule has 1 aliphatic rings. The van der Waals surface area contributed by atoms with Crippen molar-refractivity contribution in [1.29, 1.82) is 0 Å². The van der Waals surface area contributed by atoms with Crippen molar-refractivity contribution in [3.8, 4) is 11.5 Å². The summed E-state index contributed by atoms with van der Waals surface area (Å²) in [5.74, 6) is 1.58. The summed E-state index contributed by atoms with van der Waals surface area (Å²) < 4.78 is 10.9. The number of aliphatic imine (C=N–C) groups is 1. The van der Waals surface area contributed by atoms with Crippen molar-refractivity contribution in [2.24, 2.45) is 4.99 Å². The first-order chi connectivity index (χ1) is 11.3. The van der Waals surface area contributed by atoms with Crippen LogP contribution < -0.4 is 9.47 Å². The van der Waals surface area contributed by atoms with E-state index in [2.05, 4.69) is 42.5 Å². The molecule has 0 spiro atoms. The zero-order chi connectivity index (χ0) is 16.1. The maximum Gasteiger partial charge on any atom is 0.161 e. The van der Waals surface area contributed by atoms with Gasteiger partial charge >= 0.3 is 0 Å². The number of methoxy groups -OCH3 is 2. The fourth-order valence-corrected chi connectivity index (χ4v) is 3.11. The quantitative estimate of drug-likeness (QED) is 0.805. The maximum atomic E-state index is 5.44. The second-order valence-electron chi connectivity index (χ2n) is 5.78. The highest BCUT2D eigenvalue weighted by Gasteiger charge is 2.18. The SMILES string of the molecule is COc1cc2c(cc1OC)C(CCCc1ccccc1)=NCC2. The average molecular weight is 309 g/mol. The monoisotopic (exact) mass is 309 g/mol. The Morgan fingerprint density at radius 3 is 2.43 bits per heavy atom. The molecule has 0 amide bonds. The van der Waals surface area contributed by atoms with E-state index < -0.39 is 0 Å². The first-order valence-electron chi connectivity index (χ1n) is 8.14. The zero-order valence-corrected chi connectivity index (χ0v) is 13.8. The largest absolute Gasteiger partial charge is 0.493 e. The zero-order valence-electron chi connectivity index (χ0n) is 13.8. The van der Waals surface area contributed by atoms with Crippen molar-refractivity contribution in [1.82, 2.24) is 0 Å². The smallest absolute Gasteiger partial charge is 0.161 e. The van der Waals surface area contributed by atoms with Gasteiger partial charge in [-0.05, 0) is 48.9 Å². The molecule has 2 aromatic rings. The summed E-state index contributed by atoms with van der Waals surface area (Å²) in [5.41, 5.74) is 5.12. The first-order valence-corrected chi connectivity index (χ1v) is 8.14. The summed E-state index contributed by atoms with van der Waals surface area (Å²) in [6, 6.07) is 14.8. The predicted octanol–water partition coefficient (Wildman–Crippen LogP) is 4.07. The van der Waals surface area contributed by atoms with Gasteiger partial charge in [0, 0.05) is 17.8 Å². The van der Waals surface area contributed by atoms with Crippen molar-refractivity contribution in [2.75, 3.05) is 20.8 Å². The van der Waals surface area contributed by atoms with Crippen LogP contribution in [0.1, 0.15) is 29.5 Å². The minimum atomic E-state index is 0.781. The van der Waals surface area contributed by atoms with E-state index in [1.54, 1.807) is 14.2 Å². The molecule has 0 saturated heterocycles. The van der Waals surface area contributed by atoms with Crippen LogP contribution in [0.4, 0.5) is 0 Å². The first kappa shape index (κ1) is 15.6. The number of nitrogens with zero attached hydrogens (tertiary/aromatic N) is 1. The van der Waals surface area contributed by atoms with Crippen LogP contribution in [0.2, 0.25) is 0 Å². The van der Waals surface area contributed by atoms with Crippen molar-refractivity contribution in [3.63, 3.8) is 0 Å². The molecule has 3 heteroatoms. The molecular weight excluding hydrogens is 286 g/mol. The molecule has 3 nitrogen and oxygen atoms in total. The van der Waals surface area contributed by atoms with Crippen LogP contribution in [0.3, 0.4) is 0 Å². The lowest BCUT2D eigenvalue weighted by atomic mass is 9.93. The number of hydrogen-bond donors (Lipinski definition) is 0. The number of aryl methyl sites for hydroxylation is 1. The molecule has 0 fully saturated rings. The number of benzene rings is 2. The van der Waals surface area contributed by atoms with Gasteiger partial charge in [-0.1, -0.05) is 30.3 Å². The number of fused-ring (bicyclic) bond motifs is 1. The average Bonchev–Trinajstić information content (AvgIpc) is 2.61. The van der Waals surface area contributed by atoms with Gasteiger partial charge in [-0.25, -0.2) is 0 Å². The van der Waals surface area contributed by atoms with E-state index in [1.807, 2.05) is 0 Å². The van der Waals surface area contributed by atoms with Crippen LogP contribution in [0.25, 0.3) is 0 Å². The fraction of sp³-hybridized carbons (Fsp3) is 0.350. The topological polar surface area (TPSA) is 30.8 Å². The Hall–Kier alpha value is -2.29. The highest BCUT2D eigenvalue weighted by Crippen LogP contribution is 2.33. The number of hydrogen-bond acceptors (Lipinski definition) is 3. The molecule has 0 radical (unpaired) electrons. The summed E-state index contributed by atoms with van der Waals surface area (Å²) in [5, 5.41) is 0. The molecule has 0 saturated carbocycles. The lowest BCUT2D eigenvalue weighted by molar-refractivity contribution is 0.354. The van der Waals surface area contributed by atoms with Crippen LogP contribution >= 0.6 is 0 Å². The Morgan fingerprint density at radius 1 is 0.957 bits per heavy atom. The van der Waals surface area contributed by atoms with Crippen molar-refractivity contribution < 1.29 is 9.47 Å². The van der Waals surface area contributed by atoms with Gasteiger partial charge < -0.3 is 9.47 Å². The Morgan fingerprint density at radius 2 is 1.70 bits per heavy atom. The number of ether oxygens (including phenoxy) is 2. The lowest BCUT2D eigenvalue weighted by Gasteiger charge is -2.19. The van der Waals surface area contributed by atoms with Gasteiger partial charge in [-0.3, -0.25) is 4.99 Å². The second kappa shape index (κ2) is 7.32. The van der Waals surface area contributed by atoms with E-state index >= 15 is 0 Å². The standard InChI is InChI=1S/C20H23NO2/c1-22-19-13-16-11-12-21-18(17(16)14-20(19)23-2)10-6-9-15-7-4-3-5-8-15/h3-5,7-8,13-14H,6,9-12H2,1-2H3. The molecule has 0 aliphatic carbocycles. The molecule has 1 heterocycles. The lowest BCUT2D eigenvalue weighted by Crippen LogP contribution is -2.14. The van der Waals surface area contributed by atoms with Gasteiger partial charge in [-0.15, -0.1) is 0 Å². The Bertz CT molecular complexity index is 692. The summed E-state index contributed by atoms with van der Waals surface area (Å²) in [6.07, 6.45) is 4.16. The Balaban J connectivity index is 1.73. The maximum absolute atomic E-state index is 5.44. The van der Waals surface area contributed by atoms with Crippen molar-refractivity contribution in [3.05, 3.63) is 59.2 Å². The third kappa shape index (κ3) is 3.55. The van der Waals surface area contributed by atoms with Crippen LogP contribution in [0.15, 0.2) is 47.5 Å². The van der Waals surface area contributed by atoms with Gasteiger partial charge in [0.05, 0.1) is 14.2 Å². The Labute approximate surface area is 138 Å². The van der Waals surface area contributed by atoms with E-state index in [1.165, 1.54) is 22.4 Å². The summed E-state index contributed by atoms with van der Waals surface area (Å²) in [4.78, 5) is 4.75. The minimum absolute atomic E-state index is 0.781. The third-order valence-corrected chi connectivity index (χ3v) is 4.33. The van der Waals surface area contributed by atoms with Crippen molar-refractivity contribution >= 4 is 5.71 Å². The third-order valence-electron chi connectivity index (χ3n) is 4.33. The van der Waals surface area contributed by atoms with E-state index in [4.69, 9.17) is 14.5 Å². The predicted molar refractivity (Wildman–Crippen MR) is 94.0 cm³/mol. The molecule has 0 unspecified atom stereocenters. The Kier molecular flexibility index (Phi) is 4.96. The highest BCUT2D eigenvalue weighted by atomic mass is 16.5. The van der Waals surface area contributed by atoms with Gasteiger partial charge in [0.2, 0.25) is 0 Å². The van der Waals surface area contributed by atoms with Gasteiger partial charge in [0.25, 0.3) is 0 Å². The molecule has 0 N–H and O–H groups in total. The minimum Gasteiger partial charge on any atom is -0.493 e. The van der Waals surface area contributed by atoms with Crippen molar-refractivity contribution in [2.45, 2.75) is 25.7 Å². The van der Waals surface area contributed by atoms with E-state index in [-0.39, 0.29) is 0 Å². The van der Waals surface area contributed by atoms with Gasteiger partial charge in [0.1, 0.15) is 0 Å². The fourth-order valence-electron chi connectivity index (χ4n) is 3.11. The van der Waals surface area contributed by atoms with Crippen LogP contribution in [0, 0.1) is 0 Å². The molecule has 23 heavy (non-hydrogen) atoms. The molecular formula is C20H23NO2. The molecule has 0 bridgehead atoms. The number of rotatable bonds is 6. The summed E-state index contributed by atoms with van der Waals surface area (Å²) in [7, 11) is 3.36. The molecule has 3 rings (SSSR count). The second-order valence-corrected chi connectivity index (χ2v) is 5.78. The van der Waals surface area contributed by atoms with E-state index in [0.29, 0.717) is 0 Å². The highest BCUT2D eigenvalue weighted by molar-refractivity contribution is 6.03. The summed E-state index contributed by atoms with van der Waals surface area (Å²) >= 11 is 0. The van der Waals surface area contributed by atoms with Gasteiger partial charge in [0.15, 0.2) is 11.5 Å². The van der Waals surface area contributed by atoms with E-state index in [9.17, 15) is 0 Å². The summed E-state index contributed by atoms with van der Waals surface area (Å²) in [6.45, 7) is 0.864. The van der Waals surface area contributed by atoms with Crippen LogP contribution in [-0.2, 0) is 12.8 Å². The van der Waals surface area contributed by atoms with E-state index in [0.717, 1.165) is 43.7 Å². The molecule has 120 valence electrons.